The predicted octanol–water partition coefficient (Wildman–Crippen LogP) is 3.87. The Balaban J connectivity index is 0.000000296. The summed E-state index contributed by atoms with van der Waals surface area (Å²) in [5.74, 6) is 0.0956. The molecule has 4 rings (SSSR count). The van der Waals surface area contributed by atoms with Crippen LogP contribution in [0.3, 0.4) is 0 Å². The third kappa shape index (κ3) is 10.8. The summed E-state index contributed by atoms with van der Waals surface area (Å²) >= 11 is 0. The number of aromatic nitrogens is 3. The number of nitrogens with zero attached hydrogens (tertiary/aromatic N) is 5. The highest BCUT2D eigenvalue weighted by molar-refractivity contribution is 5.94. The third-order valence-electron chi connectivity index (χ3n) is 5.04. The van der Waals surface area contributed by atoms with Crippen LogP contribution >= 0.6 is 0 Å². The summed E-state index contributed by atoms with van der Waals surface area (Å²) in [5, 5.41) is 7.61. The Morgan fingerprint density at radius 1 is 0.943 bits per heavy atom. The van der Waals surface area contributed by atoms with Crippen molar-refractivity contribution in [2.75, 3.05) is 44.3 Å². The van der Waals surface area contributed by atoms with Crippen molar-refractivity contribution in [1.82, 2.24) is 20.1 Å². The van der Waals surface area contributed by atoms with E-state index in [0.29, 0.717) is 32.3 Å². The first-order valence-electron chi connectivity index (χ1n) is 12.6. The maximum Gasteiger partial charge on any atom is 0.270 e. The number of anilines is 1. The molecule has 0 unspecified atom stereocenters. The second kappa shape index (κ2) is 17.4. The molecule has 0 saturated carbocycles. The highest BCUT2D eigenvalue weighted by Gasteiger charge is 2.18. The molecule has 2 aromatic rings. The molecule has 3 heterocycles. The van der Waals surface area contributed by atoms with Crippen molar-refractivity contribution in [2.24, 2.45) is 5.73 Å². The van der Waals surface area contributed by atoms with Crippen LogP contribution in [0.2, 0.25) is 0 Å². The zero-order valence-corrected chi connectivity index (χ0v) is 22.0. The molecule has 1 aromatic heterocycles. The molecule has 35 heavy (non-hydrogen) atoms. The quantitative estimate of drug-likeness (QED) is 0.700. The van der Waals surface area contributed by atoms with Crippen LogP contribution in [0, 0.1) is 6.92 Å². The summed E-state index contributed by atoms with van der Waals surface area (Å²) in [4.78, 5) is 30.7. The van der Waals surface area contributed by atoms with E-state index in [0.717, 1.165) is 31.5 Å². The summed E-state index contributed by atoms with van der Waals surface area (Å²) in [6.07, 6.45) is 6.18. The molecule has 0 atom stereocenters. The second-order valence-electron chi connectivity index (χ2n) is 8.03. The van der Waals surface area contributed by atoms with E-state index in [-0.39, 0.29) is 11.6 Å². The van der Waals surface area contributed by atoms with Gasteiger partial charge in [0, 0.05) is 31.7 Å². The summed E-state index contributed by atoms with van der Waals surface area (Å²) in [7, 11) is 0. The Labute approximate surface area is 210 Å². The highest BCUT2D eigenvalue weighted by atomic mass is 16.5. The number of carbonyl (C=O) groups excluding carboxylic acids is 2. The molecule has 0 bridgehead atoms. The van der Waals surface area contributed by atoms with Crippen molar-refractivity contribution in [3.05, 3.63) is 47.3 Å². The highest BCUT2D eigenvalue weighted by Crippen LogP contribution is 2.14. The average molecular weight is 487 g/mol. The van der Waals surface area contributed by atoms with Crippen LogP contribution in [-0.4, -0.2) is 71.3 Å². The number of amides is 2. The molecule has 2 amide bonds. The monoisotopic (exact) mass is 486 g/mol. The van der Waals surface area contributed by atoms with Crippen LogP contribution in [0.4, 0.5) is 5.95 Å². The molecule has 1 aromatic carbocycles. The second-order valence-corrected chi connectivity index (χ2v) is 8.03. The van der Waals surface area contributed by atoms with E-state index in [1.807, 2.05) is 49.9 Å². The van der Waals surface area contributed by atoms with Crippen LogP contribution in [0.1, 0.15) is 79.8 Å². The summed E-state index contributed by atoms with van der Waals surface area (Å²) in [6, 6.07) is 7.70. The minimum absolute atomic E-state index is 0.107. The van der Waals surface area contributed by atoms with Crippen LogP contribution < -0.4 is 10.6 Å². The maximum atomic E-state index is 12.0. The normalized spacial score (nSPS) is 14.8. The van der Waals surface area contributed by atoms with Crippen molar-refractivity contribution in [3.63, 3.8) is 0 Å². The smallest absolute Gasteiger partial charge is 0.270 e. The van der Waals surface area contributed by atoms with E-state index < -0.39 is 5.91 Å². The molecule has 9 nitrogen and oxygen atoms in total. The number of carbonyl (C=O) groups is 2. The lowest BCUT2D eigenvalue weighted by Gasteiger charge is -2.26. The number of nitrogens with two attached hydrogens (primary N) is 1. The van der Waals surface area contributed by atoms with Gasteiger partial charge in [-0.2, -0.15) is 0 Å². The minimum Gasteiger partial charge on any atom is -0.378 e. The lowest BCUT2D eigenvalue weighted by atomic mass is 10.1. The van der Waals surface area contributed by atoms with Gasteiger partial charge in [-0.15, -0.1) is 10.2 Å². The van der Waals surface area contributed by atoms with E-state index in [2.05, 4.69) is 33.9 Å². The number of rotatable bonds is 3. The van der Waals surface area contributed by atoms with Gasteiger partial charge in [0.05, 0.1) is 19.4 Å². The van der Waals surface area contributed by atoms with Gasteiger partial charge in [0.1, 0.15) is 0 Å². The number of ether oxygens (including phenoxy) is 1. The number of hydrogen-bond donors (Lipinski definition) is 1. The van der Waals surface area contributed by atoms with Crippen molar-refractivity contribution in [3.8, 4) is 0 Å². The molecule has 194 valence electrons. The molecule has 0 spiro atoms. The van der Waals surface area contributed by atoms with Crippen LogP contribution in [-0.2, 0) is 4.74 Å². The number of primary amides is 1. The standard InChI is InChI=1S/C12H15NO2.C9H13N5O.C3H8.C2H6/c1-10-2-4-11(5-3-10)12(14)13-6-8-15-9-7-13;10-8(15)7-6-11-9(13-12-7)14-4-2-1-3-5-14;1-3-2;1-2/h2-5H,6-9H2,1H3;6H,1-5H2,(H2,10,15);3H2,1-2H3;1-2H3. The first kappa shape index (κ1) is 30.0. The lowest BCUT2D eigenvalue weighted by Crippen LogP contribution is -2.40. The summed E-state index contributed by atoms with van der Waals surface area (Å²) in [6.45, 7) is 14.9. The number of benzene rings is 1. The van der Waals surface area contributed by atoms with Crippen molar-refractivity contribution in [2.45, 2.75) is 60.3 Å². The fraction of sp³-hybridized carbons (Fsp3) is 0.577. The van der Waals surface area contributed by atoms with Gasteiger partial charge in [0.15, 0.2) is 5.69 Å². The summed E-state index contributed by atoms with van der Waals surface area (Å²) in [5.41, 5.74) is 7.10. The lowest BCUT2D eigenvalue weighted by molar-refractivity contribution is 0.0303. The Hall–Kier alpha value is -3.07. The fourth-order valence-corrected chi connectivity index (χ4v) is 3.27. The first-order chi connectivity index (χ1) is 17.0. The van der Waals surface area contributed by atoms with Gasteiger partial charge in [-0.05, 0) is 38.3 Å². The number of hydrogen-bond acceptors (Lipinski definition) is 7. The van der Waals surface area contributed by atoms with Crippen molar-refractivity contribution < 1.29 is 14.3 Å². The van der Waals surface area contributed by atoms with Crippen molar-refractivity contribution in [1.29, 1.82) is 0 Å². The van der Waals surface area contributed by atoms with E-state index in [1.54, 1.807) is 0 Å². The van der Waals surface area contributed by atoms with Gasteiger partial charge >= 0.3 is 0 Å². The van der Waals surface area contributed by atoms with E-state index in [4.69, 9.17) is 10.5 Å². The van der Waals surface area contributed by atoms with Gasteiger partial charge in [-0.1, -0.05) is 51.8 Å². The minimum atomic E-state index is -0.597. The van der Waals surface area contributed by atoms with Gasteiger partial charge in [-0.3, -0.25) is 9.59 Å². The molecule has 0 radical (unpaired) electrons. The molecule has 9 heteroatoms. The largest absolute Gasteiger partial charge is 0.378 e. The van der Waals surface area contributed by atoms with Crippen LogP contribution in [0.15, 0.2) is 30.5 Å². The van der Waals surface area contributed by atoms with E-state index in [9.17, 15) is 9.59 Å². The zero-order chi connectivity index (χ0) is 26.1. The SMILES string of the molecule is CC.CCC.Cc1ccc(C(=O)N2CCOCC2)cc1.NC(=O)c1cnc(N2CCCCC2)nn1. The Morgan fingerprint density at radius 3 is 2.00 bits per heavy atom. The Bertz CT molecular complexity index is 846. The molecule has 0 aliphatic carbocycles. The molecular formula is C26H42N6O3. The molecule has 2 aliphatic heterocycles. The van der Waals surface area contributed by atoms with Crippen LogP contribution in [0.5, 0.6) is 0 Å². The molecule has 2 aliphatic rings. The number of morpholine rings is 1. The molecular weight excluding hydrogens is 444 g/mol. The summed E-state index contributed by atoms with van der Waals surface area (Å²) < 4.78 is 5.21. The van der Waals surface area contributed by atoms with E-state index in [1.165, 1.54) is 24.6 Å². The fourth-order valence-electron chi connectivity index (χ4n) is 3.27. The zero-order valence-electron chi connectivity index (χ0n) is 22.0. The first-order valence-corrected chi connectivity index (χ1v) is 12.6. The third-order valence-corrected chi connectivity index (χ3v) is 5.04. The van der Waals surface area contributed by atoms with Crippen molar-refractivity contribution >= 4 is 17.8 Å². The Morgan fingerprint density at radius 2 is 1.51 bits per heavy atom. The van der Waals surface area contributed by atoms with Gasteiger partial charge in [0.2, 0.25) is 5.95 Å². The van der Waals surface area contributed by atoms with Crippen LogP contribution in [0.25, 0.3) is 0 Å². The van der Waals surface area contributed by atoms with E-state index >= 15 is 0 Å². The van der Waals surface area contributed by atoms with Gasteiger partial charge in [0.25, 0.3) is 11.8 Å². The predicted molar refractivity (Wildman–Crippen MR) is 140 cm³/mol. The van der Waals surface area contributed by atoms with Gasteiger partial charge in [-0.25, -0.2) is 4.98 Å². The average Bonchev–Trinajstić information content (AvgIpc) is 2.92. The molecule has 2 saturated heterocycles. The molecule has 2 fully saturated rings. The topological polar surface area (TPSA) is 115 Å². The maximum absolute atomic E-state index is 12.0. The number of piperidine rings is 1. The molecule has 2 N–H and O–H groups in total. The van der Waals surface area contributed by atoms with Gasteiger partial charge < -0.3 is 20.3 Å². The Kier molecular flexibility index (Phi) is 14.9. The number of aryl methyl sites for hydroxylation is 1.